The Hall–Kier alpha value is -1.15. The lowest BCUT2D eigenvalue weighted by atomic mass is 10.2. The SMILES string of the molecule is C=CCC(C)NCc1cccc(F)c1. The van der Waals surface area contributed by atoms with Gasteiger partial charge in [0, 0.05) is 12.6 Å². The largest absolute Gasteiger partial charge is 0.310 e. The Morgan fingerprint density at radius 2 is 2.36 bits per heavy atom. The first-order chi connectivity index (χ1) is 6.72. The quantitative estimate of drug-likeness (QED) is 0.709. The van der Waals surface area contributed by atoms with Gasteiger partial charge in [-0.25, -0.2) is 4.39 Å². The maximum atomic E-state index is 12.8. The Bertz CT molecular complexity index is 296. The fourth-order valence-corrected chi connectivity index (χ4v) is 1.27. The topological polar surface area (TPSA) is 12.0 Å². The van der Waals surface area contributed by atoms with Crippen molar-refractivity contribution in [3.05, 3.63) is 48.3 Å². The Morgan fingerprint density at radius 3 is 3.00 bits per heavy atom. The molecule has 0 saturated carbocycles. The zero-order valence-corrected chi connectivity index (χ0v) is 8.46. The second-order valence-corrected chi connectivity index (χ2v) is 3.44. The average molecular weight is 193 g/mol. The molecular formula is C12H16FN. The lowest BCUT2D eigenvalue weighted by Crippen LogP contribution is -2.24. The van der Waals surface area contributed by atoms with E-state index in [-0.39, 0.29) is 5.82 Å². The van der Waals surface area contributed by atoms with Crippen LogP contribution < -0.4 is 5.32 Å². The Balaban J connectivity index is 2.41. The molecule has 0 amide bonds. The van der Waals surface area contributed by atoms with Gasteiger partial charge in [-0.1, -0.05) is 18.2 Å². The van der Waals surface area contributed by atoms with Gasteiger partial charge in [0.1, 0.15) is 5.82 Å². The summed E-state index contributed by atoms with van der Waals surface area (Å²) in [5, 5.41) is 3.29. The third-order valence-electron chi connectivity index (χ3n) is 2.06. The molecule has 0 aliphatic rings. The maximum Gasteiger partial charge on any atom is 0.123 e. The summed E-state index contributed by atoms with van der Waals surface area (Å²) in [6.07, 6.45) is 2.80. The zero-order valence-electron chi connectivity index (χ0n) is 8.46. The van der Waals surface area contributed by atoms with E-state index in [0.29, 0.717) is 12.6 Å². The summed E-state index contributed by atoms with van der Waals surface area (Å²) in [5.41, 5.74) is 0.973. The molecule has 0 aliphatic carbocycles. The molecule has 1 aromatic rings. The smallest absolute Gasteiger partial charge is 0.123 e. The van der Waals surface area contributed by atoms with Crippen LogP contribution in [0.3, 0.4) is 0 Å². The molecule has 0 spiro atoms. The lowest BCUT2D eigenvalue weighted by Gasteiger charge is -2.11. The van der Waals surface area contributed by atoms with Crippen molar-refractivity contribution in [1.29, 1.82) is 0 Å². The summed E-state index contributed by atoms with van der Waals surface area (Å²) in [7, 11) is 0. The van der Waals surface area contributed by atoms with E-state index in [4.69, 9.17) is 0 Å². The van der Waals surface area contributed by atoms with Crippen molar-refractivity contribution < 1.29 is 4.39 Å². The van der Waals surface area contributed by atoms with Gasteiger partial charge in [-0.3, -0.25) is 0 Å². The highest BCUT2D eigenvalue weighted by atomic mass is 19.1. The van der Waals surface area contributed by atoms with Crippen LogP contribution in [0.4, 0.5) is 4.39 Å². The van der Waals surface area contributed by atoms with Crippen molar-refractivity contribution in [2.75, 3.05) is 0 Å². The third kappa shape index (κ3) is 3.71. The number of nitrogens with one attached hydrogen (secondary N) is 1. The average Bonchev–Trinajstić information content (AvgIpc) is 2.15. The van der Waals surface area contributed by atoms with Crippen molar-refractivity contribution in [3.63, 3.8) is 0 Å². The molecular weight excluding hydrogens is 177 g/mol. The van der Waals surface area contributed by atoms with E-state index in [1.807, 2.05) is 12.1 Å². The molecule has 2 heteroatoms. The molecule has 0 radical (unpaired) electrons. The van der Waals surface area contributed by atoms with Crippen LogP contribution in [0.25, 0.3) is 0 Å². The standard InChI is InChI=1S/C12H16FN/c1-3-5-10(2)14-9-11-6-4-7-12(13)8-11/h3-4,6-8,10,14H,1,5,9H2,2H3. The van der Waals surface area contributed by atoms with E-state index in [9.17, 15) is 4.39 Å². The summed E-state index contributed by atoms with van der Waals surface area (Å²) in [6.45, 7) is 6.46. The normalized spacial score (nSPS) is 12.4. The fourth-order valence-electron chi connectivity index (χ4n) is 1.27. The molecule has 14 heavy (non-hydrogen) atoms. The molecule has 1 unspecified atom stereocenters. The van der Waals surface area contributed by atoms with Crippen molar-refractivity contribution in [2.24, 2.45) is 0 Å². The van der Waals surface area contributed by atoms with Crippen LogP contribution in [-0.2, 0) is 6.54 Å². The van der Waals surface area contributed by atoms with Gasteiger partial charge in [-0.2, -0.15) is 0 Å². The fraction of sp³-hybridized carbons (Fsp3) is 0.333. The van der Waals surface area contributed by atoms with Crippen molar-refractivity contribution in [2.45, 2.75) is 25.9 Å². The van der Waals surface area contributed by atoms with Gasteiger partial charge in [0.15, 0.2) is 0 Å². The highest BCUT2D eigenvalue weighted by molar-refractivity contribution is 5.16. The van der Waals surface area contributed by atoms with E-state index < -0.39 is 0 Å². The molecule has 0 aromatic heterocycles. The second-order valence-electron chi connectivity index (χ2n) is 3.44. The highest BCUT2D eigenvalue weighted by Crippen LogP contribution is 2.03. The molecule has 0 aliphatic heterocycles. The predicted octanol–water partition coefficient (Wildman–Crippen LogP) is 2.88. The molecule has 76 valence electrons. The van der Waals surface area contributed by atoms with E-state index >= 15 is 0 Å². The lowest BCUT2D eigenvalue weighted by molar-refractivity contribution is 0.550. The zero-order chi connectivity index (χ0) is 10.4. The summed E-state index contributed by atoms with van der Waals surface area (Å²) in [6, 6.07) is 7.03. The molecule has 0 bridgehead atoms. The number of benzene rings is 1. The van der Waals surface area contributed by atoms with Crippen molar-refractivity contribution in [1.82, 2.24) is 5.32 Å². The van der Waals surface area contributed by atoms with Crippen molar-refractivity contribution in [3.8, 4) is 0 Å². The van der Waals surface area contributed by atoms with E-state index in [0.717, 1.165) is 12.0 Å². The minimum Gasteiger partial charge on any atom is -0.310 e. The molecule has 1 nitrogen and oxygen atoms in total. The number of halogens is 1. The number of hydrogen-bond donors (Lipinski definition) is 1. The number of rotatable bonds is 5. The monoisotopic (exact) mass is 193 g/mol. The minimum atomic E-state index is -0.180. The Kier molecular flexibility index (Phi) is 4.33. The van der Waals surface area contributed by atoms with Gasteiger partial charge >= 0.3 is 0 Å². The number of hydrogen-bond acceptors (Lipinski definition) is 1. The van der Waals surface area contributed by atoms with Crippen LogP contribution in [0.15, 0.2) is 36.9 Å². The van der Waals surface area contributed by atoms with Gasteiger partial charge in [-0.05, 0) is 31.0 Å². The van der Waals surface area contributed by atoms with Crippen LogP contribution in [-0.4, -0.2) is 6.04 Å². The van der Waals surface area contributed by atoms with Crippen LogP contribution in [0.5, 0.6) is 0 Å². The van der Waals surface area contributed by atoms with Crippen molar-refractivity contribution >= 4 is 0 Å². The minimum absolute atomic E-state index is 0.180. The molecule has 1 atom stereocenters. The summed E-state index contributed by atoms with van der Waals surface area (Å²) in [5.74, 6) is -0.180. The molecule has 1 N–H and O–H groups in total. The van der Waals surface area contributed by atoms with Gasteiger partial charge < -0.3 is 5.32 Å². The first-order valence-corrected chi connectivity index (χ1v) is 4.81. The van der Waals surface area contributed by atoms with E-state index in [1.165, 1.54) is 6.07 Å². The van der Waals surface area contributed by atoms with Crippen LogP contribution in [0.2, 0.25) is 0 Å². The molecule has 1 rings (SSSR count). The summed E-state index contributed by atoms with van der Waals surface area (Å²) >= 11 is 0. The first kappa shape index (κ1) is 10.9. The van der Waals surface area contributed by atoms with E-state index in [2.05, 4.69) is 18.8 Å². The molecule has 0 fully saturated rings. The highest BCUT2D eigenvalue weighted by Gasteiger charge is 1.99. The van der Waals surface area contributed by atoms with Crippen LogP contribution >= 0.6 is 0 Å². The molecule has 1 aromatic carbocycles. The van der Waals surface area contributed by atoms with Crippen LogP contribution in [0, 0.1) is 5.82 Å². The Labute approximate surface area is 84.6 Å². The summed E-state index contributed by atoms with van der Waals surface area (Å²) in [4.78, 5) is 0. The summed E-state index contributed by atoms with van der Waals surface area (Å²) < 4.78 is 12.8. The first-order valence-electron chi connectivity index (χ1n) is 4.81. The second kappa shape index (κ2) is 5.55. The molecule has 0 heterocycles. The maximum absolute atomic E-state index is 12.8. The van der Waals surface area contributed by atoms with Gasteiger partial charge in [-0.15, -0.1) is 6.58 Å². The van der Waals surface area contributed by atoms with Gasteiger partial charge in [0.05, 0.1) is 0 Å². The van der Waals surface area contributed by atoms with Crippen LogP contribution in [0.1, 0.15) is 18.9 Å². The third-order valence-corrected chi connectivity index (χ3v) is 2.06. The van der Waals surface area contributed by atoms with E-state index in [1.54, 1.807) is 12.1 Å². The molecule has 0 saturated heterocycles. The Morgan fingerprint density at radius 1 is 1.57 bits per heavy atom. The predicted molar refractivity (Wildman–Crippen MR) is 57.5 cm³/mol. The van der Waals surface area contributed by atoms with Gasteiger partial charge in [0.2, 0.25) is 0 Å². The van der Waals surface area contributed by atoms with Gasteiger partial charge in [0.25, 0.3) is 0 Å².